The summed E-state index contributed by atoms with van der Waals surface area (Å²) in [6.45, 7) is 7.62. The molecule has 0 aromatic carbocycles. The van der Waals surface area contributed by atoms with Crippen LogP contribution in [0.4, 0.5) is 0 Å². The summed E-state index contributed by atoms with van der Waals surface area (Å²) in [5, 5.41) is 3.65. The minimum absolute atomic E-state index is 0.356. The fourth-order valence-electron chi connectivity index (χ4n) is 2.41. The molecule has 1 aliphatic heterocycles. The molecule has 0 radical (unpaired) electrons. The van der Waals surface area contributed by atoms with Gasteiger partial charge in [-0.25, -0.2) is 0 Å². The van der Waals surface area contributed by atoms with Crippen molar-refractivity contribution in [3.63, 3.8) is 0 Å². The van der Waals surface area contributed by atoms with Crippen LogP contribution in [0.25, 0.3) is 0 Å². The quantitative estimate of drug-likeness (QED) is 0.864. The number of thiophene rings is 1. The Bertz CT molecular complexity index is 350. The molecule has 0 spiro atoms. The highest BCUT2D eigenvalue weighted by Crippen LogP contribution is 2.33. The van der Waals surface area contributed by atoms with Crippen LogP contribution in [0, 0.1) is 6.92 Å². The molecule has 1 aromatic heterocycles. The maximum absolute atomic E-state index is 6.03. The van der Waals surface area contributed by atoms with Crippen LogP contribution in [0.15, 0.2) is 12.1 Å². The highest BCUT2D eigenvalue weighted by atomic mass is 32.1. The second kappa shape index (κ2) is 5.98. The van der Waals surface area contributed by atoms with Crippen LogP contribution in [0.5, 0.6) is 0 Å². The van der Waals surface area contributed by atoms with E-state index >= 15 is 0 Å². The van der Waals surface area contributed by atoms with E-state index in [1.54, 1.807) is 0 Å². The van der Waals surface area contributed by atoms with Gasteiger partial charge in [-0.2, -0.15) is 0 Å². The van der Waals surface area contributed by atoms with Crippen molar-refractivity contribution in [3.05, 3.63) is 21.9 Å². The van der Waals surface area contributed by atoms with Gasteiger partial charge in [0, 0.05) is 9.75 Å². The largest absolute Gasteiger partial charge is 0.373 e. The molecule has 2 nitrogen and oxygen atoms in total. The number of aryl methyl sites for hydroxylation is 1. The summed E-state index contributed by atoms with van der Waals surface area (Å²) in [5.74, 6) is 0. The molecule has 0 amide bonds. The molecule has 0 saturated carbocycles. The molecule has 1 aliphatic rings. The molecular formula is C14H23NOS. The summed E-state index contributed by atoms with van der Waals surface area (Å²) >= 11 is 1.89. The fourth-order valence-corrected chi connectivity index (χ4v) is 3.42. The van der Waals surface area contributed by atoms with Crippen molar-refractivity contribution in [3.8, 4) is 0 Å². The van der Waals surface area contributed by atoms with Crippen molar-refractivity contribution >= 4 is 11.3 Å². The van der Waals surface area contributed by atoms with Crippen molar-refractivity contribution in [2.45, 2.75) is 58.3 Å². The first-order chi connectivity index (χ1) is 8.20. The summed E-state index contributed by atoms with van der Waals surface area (Å²) in [6, 6.07) is 4.84. The van der Waals surface area contributed by atoms with Crippen LogP contribution >= 0.6 is 11.3 Å². The third-order valence-electron chi connectivity index (χ3n) is 3.32. The minimum atomic E-state index is 0.356. The van der Waals surface area contributed by atoms with E-state index in [9.17, 15) is 0 Å². The Labute approximate surface area is 108 Å². The van der Waals surface area contributed by atoms with Crippen LogP contribution < -0.4 is 5.32 Å². The summed E-state index contributed by atoms with van der Waals surface area (Å²) in [7, 11) is 0. The SMILES string of the molecule is CCCNC(c1ccc(C)s1)C1CCC(C)O1. The zero-order valence-corrected chi connectivity index (χ0v) is 11.8. The highest BCUT2D eigenvalue weighted by Gasteiger charge is 2.30. The molecular weight excluding hydrogens is 230 g/mol. The third-order valence-corrected chi connectivity index (χ3v) is 4.40. The van der Waals surface area contributed by atoms with Crippen molar-refractivity contribution in [2.24, 2.45) is 0 Å². The average molecular weight is 253 g/mol. The van der Waals surface area contributed by atoms with E-state index in [0.717, 1.165) is 6.54 Å². The van der Waals surface area contributed by atoms with Crippen LogP contribution in [0.1, 0.15) is 48.9 Å². The van der Waals surface area contributed by atoms with Gasteiger partial charge in [-0.1, -0.05) is 6.92 Å². The van der Waals surface area contributed by atoms with Crippen molar-refractivity contribution in [1.29, 1.82) is 0 Å². The Hall–Kier alpha value is -0.380. The highest BCUT2D eigenvalue weighted by molar-refractivity contribution is 7.12. The number of hydrogen-bond donors (Lipinski definition) is 1. The molecule has 1 fully saturated rings. The lowest BCUT2D eigenvalue weighted by Gasteiger charge is -2.23. The van der Waals surface area contributed by atoms with Gasteiger partial charge < -0.3 is 10.1 Å². The van der Waals surface area contributed by atoms with E-state index in [1.807, 2.05) is 11.3 Å². The minimum Gasteiger partial charge on any atom is -0.373 e. The molecule has 2 rings (SSSR count). The summed E-state index contributed by atoms with van der Waals surface area (Å²) in [6.07, 6.45) is 4.32. The predicted molar refractivity (Wildman–Crippen MR) is 73.7 cm³/mol. The van der Waals surface area contributed by atoms with E-state index in [-0.39, 0.29) is 0 Å². The number of ether oxygens (including phenoxy) is 1. The number of hydrogen-bond acceptors (Lipinski definition) is 3. The lowest BCUT2D eigenvalue weighted by Crippen LogP contribution is -2.32. The van der Waals surface area contributed by atoms with Gasteiger partial charge in [0.25, 0.3) is 0 Å². The molecule has 2 heterocycles. The zero-order valence-electron chi connectivity index (χ0n) is 11.0. The normalized spacial score (nSPS) is 26.3. The average Bonchev–Trinajstić information content (AvgIpc) is 2.89. The molecule has 1 N–H and O–H groups in total. The van der Waals surface area contributed by atoms with Gasteiger partial charge in [-0.3, -0.25) is 0 Å². The Morgan fingerprint density at radius 2 is 2.29 bits per heavy atom. The topological polar surface area (TPSA) is 21.3 Å². The summed E-state index contributed by atoms with van der Waals surface area (Å²) in [4.78, 5) is 2.81. The Morgan fingerprint density at radius 1 is 1.47 bits per heavy atom. The second-order valence-corrected chi connectivity index (χ2v) is 6.26. The van der Waals surface area contributed by atoms with Crippen molar-refractivity contribution in [2.75, 3.05) is 6.54 Å². The maximum atomic E-state index is 6.03. The van der Waals surface area contributed by atoms with Crippen LogP contribution in [0.2, 0.25) is 0 Å². The van der Waals surface area contributed by atoms with Gasteiger partial charge in [-0.05, 0) is 51.8 Å². The molecule has 96 valence electrons. The Balaban J connectivity index is 2.07. The molecule has 1 saturated heterocycles. The first-order valence-electron chi connectivity index (χ1n) is 6.66. The standard InChI is InChI=1S/C14H23NOS/c1-4-9-15-14(12-7-5-10(2)16-12)13-8-6-11(3)17-13/h6,8,10,12,14-15H,4-5,7,9H2,1-3H3. The molecule has 0 aliphatic carbocycles. The maximum Gasteiger partial charge on any atom is 0.0782 e. The van der Waals surface area contributed by atoms with Gasteiger partial charge in [0.1, 0.15) is 0 Å². The van der Waals surface area contributed by atoms with E-state index in [0.29, 0.717) is 18.2 Å². The number of rotatable bonds is 5. The van der Waals surface area contributed by atoms with Gasteiger partial charge in [0.05, 0.1) is 18.2 Å². The monoisotopic (exact) mass is 253 g/mol. The lowest BCUT2D eigenvalue weighted by molar-refractivity contribution is 0.0324. The third kappa shape index (κ3) is 3.30. The van der Waals surface area contributed by atoms with Gasteiger partial charge in [-0.15, -0.1) is 11.3 Å². The summed E-state index contributed by atoms with van der Waals surface area (Å²) in [5.41, 5.74) is 0. The zero-order chi connectivity index (χ0) is 12.3. The first kappa shape index (κ1) is 13.1. The molecule has 3 atom stereocenters. The van der Waals surface area contributed by atoms with Crippen molar-refractivity contribution < 1.29 is 4.74 Å². The van der Waals surface area contributed by atoms with Crippen LogP contribution in [-0.2, 0) is 4.74 Å². The molecule has 3 heteroatoms. The second-order valence-electron chi connectivity index (χ2n) is 4.94. The van der Waals surface area contributed by atoms with Crippen LogP contribution in [-0.4, -0.2) is 18.8 Å². The van der Waals surface area contributed by atoms with Gasteiger partial charge in [0.15, 0.2) is 0 Å². The predicted octanol–water partition coefficient (Wildman–Crippen LogP) is 3.66. The van der Waals surface area contributed by atoms with E-state index in [2.05, 4.69) is 38.2 Å². The van der Waals surface area contributed by atoms with Crippen LogP contribution in [0.3, 0.4) is 0 Å². The molecule has 17 heavy (non-hydrogen) atoms. The van der Waals surface area contributed by atoms with E-state index in [1.165, 1.54) is 29.0 Å². The van der Waals surface area contributed by atoms with Crippen molar-refractivity contribution in [1.82, 2.24) is 5.32 Å². The first-order valence-corrected chi connectivity index (χ1v) is 7.47. The smallest absolute Gasteiger partial charge is 0.0782 e. The van der Waals surface area contributed by atoms with Gasteiger partial charge in [0.2, 0.25) is 0 Å². The molecule has 0 bridgehead atoms. The Kier molecular flexibility index (Phi) is 4.60. The number of nitrogens with one attached hydrogen (secondary N) is 1. The Morgan fingerprint density at radius 3 is 2.82 bits per heavy atom. The lowest BCUT2D eigenvalue weighted by atomic mass is 10.1. The fraction of sp³-hybridized carbons (Fsp3) is 0.714. The molecule has 3 unspecified atom stereocenters. The molecule has 1 aromatic rings. The van der Waals surface area contributed by atoms with E-state index in [4.69, 9.17) is 4.74 Å². The summed E-state index contributed by atoms with van der Waals surface area (Å²) < 4.78 is 6.03. The van der Waals surface area contributed by atoms with Gasteiger partial charge >= 0.3 is 0 Å². The van der Waals surface area contributed by atoms with E-state index < -0.39 is 0 Å².